The normalized spacial score (nSPS) is 10.8. The minimum Gasteiger partial charge on any atom is -0.495 e. The van der Waals surface area contributed by atoms with Crippen molar-refractivity contribution in [2.24, 2.45) is 10.7 Å². The van der Waals surface area contributed by atoms with Gasteiger partial charge in [0.05, 0.1) is 19.4 Å². The Labute approximate surface area is 173 Å². The van der Waals surface area contributed by atoms with Crippen molar-refractivity contribution in [1.82, 2.24) is 0 Å². The smallest absolute Gasteiger partial charge is 0.193 e. The van der Waals surface area contributed by atoms with E-state index in [1.54, 1.807) is 7.11 Å². The van der Waals surface area contributed by atoms with Crippen LogP contribution >= 0.6 is 24.0 Å². The number of benzene rings is 2. The second-order valence-corrected chi connectivity index (χ2v) is 5.69. The Kier molecular flexibility index (Phi) is 10.5. The van der Waals surface area contributed by atoms with Gasteiger partial charge < -0.3 is 20.5 Å². The molecule has 2 rings (SSSR count). The molecule has 3 N–H and O–H groups in total. The summed E-state index contributed by atoms with van der Waals surface area (Å²) >= 11 is 0. The van der Waals surface area contributed by atoms with E-state index >= 15 is 0 Å². The number of anilines is 1. The molecule has 0 aliphatic carbocycles. The van der Waals surface area contributed by atoms with Crippen LogP contribution < -0.4 is 20.5 Å². The van der Waals surface area contributed by atoms with Gasteiger partial charge in [0.15, 0.2) is 5.96 Å². The van der Waals surface area contributed by atoms with E-state index in [0.29, 0.717) is 12.5 Å². The van der Waals surface area contributed by atoms with E-state index in [-0.39, 0.29) is 24.0 Å². The Hall–Kier alpha value is -1.96. The highest BCUT2D eigenvalue weighted by Gasteiger charge is 2.02. The minimum absolute atomic E-state index is 0. The highest BCUT2D eigenvalue weighted by Crippen LogP contribution is 2.22. The SMILES string of the molecule is CCCCOc1ccc(CCN=C(N)Nc2ccccc2OC)cc1.I. The van der Waals surface area contributed by atoms with Crippen LogP contribution in [0.25, 0.3) is 0 Å². The van der Waals surface area contributed by atoms with Gasteiger partial charge in [0.2, 0.25) is 0 Å². The van der Waals surface area contributed by atoms with Crippen LogP contribution in [-0.4, -0.2) is 26.2 Å². The second kappa shape index (κ2) is 12.4. The molecule has 0 aliphatic heterocycles. The molecule has 0 aliphatic rings. The highest BCUT2D eigenvalue weighted by atomic mass is 127. The van der Waals surface area contributed by atoms with E-state index in [4.69, 9.17) is 15.2 Å². The summed E-state index contributed by atoms with van der Waals surface area (Å²) in [5.41, 5.74) is 7.96. The number of methoxy groups -OCH3 is 1. The summed E-state index contributed by atoms with van der Waals surface area (Å²) in [6.45, 7) is 3.54. The maximum Gasteiger partial charge on any atom is 0.193 e. The second-order valence-electron chi connectivity index (χ2n) is 5.69. The molecule has 0 fully saturated rings. The molecular formula is C20H28IN3O2. The van der Waals surface area contributed by atoms with Crippen LogP contribution in [0.5, 0.6) is 11.5 Å². The third kappa shape index (κ3) is 7.51. The molecule has 0 amide bonds. The summed E-state index contributed by atoms with van der Waals surface area (Å²) in [4.78, 5) is 4.37. The number of ether oxygens (including phenoxy) is 2. The molecule has 0 atom stereocenters. The van der Waals surface area contributed by atoms with E-state index in [1.807, 2.05) is 36.4 Å². The quantitative estimate of drug-likeness (QED) is 0.246. The average molecular weight is 469 g/mol. The Balaban J connectivity index is 0.00000338. The van der Waals surface area contributed by atoms with Gasteiger partial charge in [-0.25, -0.2) is 0 Å². The fourth-order valence-electron chi connectivity index (χ4n) is 2.32. The first-order chi connectivity index (χ1) is 12.2. The van der Waals surface area contributed by atoms with E-state index in [1.165, 1.54) is 5.56 Å². The summed E-state index contributed by atoms with van der Waals surface area (Å²) in [6, 6.07) is 15.8. The number of halogens is 1. The molecule has 5 nitrogen and oxygen atoms in total. The first-order valence-electron chi connectivity index (χ1n) is 8.64. The summed E-state index contributed by atoms with van der Waals surface area (Å²) in [5, 5.41) is 3.07. The lowest BCUT2D eigenvalue weighted by atomic mass is 10.1. The Morgan fingerprint density at radius 1 is 1.12 bits per heavy atom. The van der Waals surface area contributed by atoms with Gasteiger partial charge in [-0.3, -0.25) is 4.99 Å². The van der Waals surface area contributed by atoms with Crippen LogP contribution in [0, 0.1) is 0 Å². The van der Waals surface area contributed by atoms with Gasteiger partial charge >= 0.3 is 0 Å². The van der Waals surface area contributed by atoms with Crippen LogP contribution in [0.15, 0.2) is 53.5 Å². The van der Waals surface area contributed by atoms with Gasteiger partial charge in [0.25, 0.3) is 0 Å². The van der Waals surface area contributed by atoms with Crippen molar-refractivity contribution >= 4 is 35.6 Å². The molecule has 0 unspecified atom stereocenters. The van der Waals surface area contributed by atoms with Crippen molar-refractivity contribution in [2.75, 3.05) is 25.6 Å². The lowest BCUT2D eigenvalue weighted by molar-refractivity contribution is 0.309. The van der Waals surface area contributed by atoms with Crippen LogP contribution in [0.1, 0.15) is 25.3 Å². The average Bonchev–Trinajstić information content (AvgIpc) is 2.64. The molecule has 0 heterocycles. The van der Waals surface area contributed by atoms with Gasteiger partial charge in [-0.1, -0.05) is 37.6 Å². The van der Waals surface area contributed by atoms with E-state index in [2.05, 4.69) is 29.4 Å². The molecular weight excluding hydrogens is 441 g/mol. The Morgan fingerprint density at radius 2 is 1.85 bits per heavy atom. The molecule has 0 bridgehead atoms. The molecule has 0 saturated carbocycles. The fourth-order valence-corrected chi connectivity index (χ4v) is 2.32. The summed E-state index contributed by atoms with van der Waals surface area (Å²) in [7, 11) is 1.63. The van der Waals surface area contributed by atoms with Gasteiger partial charge in [-0.2, -0.15) is 0 Å². The largest absolute Gasteiger partial charge is 0.495 e. The van der Waals surface area contributed by atoms with Crippen molar-refractivity contribution in [3.05, 3.63) is 54.1 Å². The molecule has 2 aromatic rings. The van der Waals surface area contributed by atoms with Crippen molar-refractivity contribution in [3.63, 3.8) is 0 Å². The number of hydrogen-bond acceptors (Lipinski definition) is 3. The molecule has 26 heavy (non-hydrogen) atoms. The third-order valence-electron chi connectivity index (χ3n) is 3.74. The third-order valence-corrected chi connectivity index (χ3v) is 3.74. The lowest BCUT2D eigenvalue weighted by Crippen LogP contribution is -2.23. The summed E-state index contributed by atoms with van der Waals surface area (Å²) < 4.78 is 10.9. The zero-order valence-electron chi connectivity index (χ0n) is 15.4. The monoisotopic (exact) mass is 469 g/mol. The molecule has 2 aromatic carbocycles. The standard InChI is InChI=1S/C20H27N3O2.HI/c1-3-4-15-25-17-11-9-16(10-12-17)13-14-22-20(21)23-18-7-5-6-8-19(18)24-2;/h5-12H,3-4,13-15H2,1-2H3,(H3,21,22,23);1H. The van der Waals surface area contributed by atoms with E-state index in [9.17, 15) is 0 Å². The Morgan fingerprint density at radius 3 is 2.54 bits per heavy atom. The number of rotatable bonds is 9. The number of nitrogens with two attached hydrogens (primary N) is 1. The first kappa shape index (κ1) is 22.1. The summed E-state index contributed by atoms with van der Waals surface area (Å²) in [5.74, 6) is 2.03. The molecule has 0 aromatic heterocycles. The summed E-state index contributed by atoms with van der Waals surface area (Å²) in [6.07, 6.45) is 3.04. The van der Waals surface area contributed by atoms with Crippen molar-refractivity contribution in [1.29, 1.82) is 0 Å². The maximum atomic E-state index is 5.95. The van der Waals surface area contributed by atoms with Gasteiger partial charge in [0.1, 0.15) is 11.5 Å². The number of nitrogens with one attached hydrogen (secondary N) is 1. The fraction of sp³-hybridized carbons (Fsp3) is 0.350. The topological polar surface area (TPSA) is 68.9 Å². The van der Waals surface area contributed by atoms with Gasteiger partial charge in [-0.05, 0) is 42.7 Å². The zero-order valence-corrected chi connectivity index (χ0v) is 17.7. The number of aliphatic imine (C=N–C) groups is 1. The highest BCUT2D eigenvalue weighted by molar-refractivity contribution is 14.0. The van der Waals surface area contributed by atoms with Gasteiger partial charge in [-0.15, -0.1) is 24.0 Å². The number of guanidine groups is 1. The van der Waals surface area contributed by atoms with Crippen molar-refractivity contribution < 1.29 is 9.47 Å². The first-order valence-corrected chi connectivity index (χ1v) is 8.64. The van der Waals surface area contributed by atoms with Crippen LogP contribution in [0.3, 0.4) is 0 Å². The number of hydrogen-bond donors (Lipinski definition) is 2. The molecule has 0 radical (unpaired) electrons. The molecule has 6 heteroatoms. The Bertz CT molecular complexity index is 675. The van der Waals surface area contributed by atoms with Crippen molar-refractivity contribution in [3.8, 4) is 11.5 Å². The zero-order chi connectivity index (χ0) is 17.9. The van der Waals surface area contributed by atoms with Crippen molar-refractivity contribution in [2.45, 2.75) is 26.2 Å². The van der Waals surface area contributed by atoms with Crippen LogP contribution in [0.4, 0.5) is 5.69 Å². The number of unbranched alkanes of at least 4 members (excludes halogenated alkanes) is 1. The minimum atomic E-state index is 0. The van der Waals surface area contributed by atoms with E-state index in [0.717, 1.165) is 43.1 Å². The molecule has 0 saturated heterocycles. The number of nitrogens with zero attached hydrogens (tertiary/aromatic N) is 1. The maximum absolute atomic E-state index is 5.95. The van der Waals surface area contributed by atoms with E-state index < -0.39 is 0 Å². The predicted octanol–water partition coefficient (Wildman–Crippen LogP) is 4.46. The number of para-hydroxylation sites is 2. The predicted molar refractivity (Wildman–Crippen MR) is 119 cm³/mol. The lowest BCUT2D eigenvalue weighted by Gasteiger charge is -2.10. The molecule has 0 spiro atoms. The van der Waals surface area contributed by atoms with Gasteiger partial charge in [0, 0.05) is 6.54 Å². The van der Waals surface area contributed by atoms with Crippen LogP contribution in [-0.2, 0) is 6.42 Å². The molecule has 142 valence electrons. The van der Waals surface area contributed by atoms with Crippen LogP contribution in [0.2, 0.25) is 0 Å².